The van der Waals surface area contributed by atoms with Crippen molar-refractivity contribution in [2.24, 2.45) is 0 Å². The van der Waals surface area contributed by atoms with Crippen LogP contribution < -0.4 is 0 Å². The molecule has 1 rings (SSSR count). The van der Waals surface area contributed by atoms with Crippen molar-refractivity contribution >= 4 is 5.91 Å². The SMILES string of the molecule is COCCOCC(=O)N(Cc1ccco1)CC(F)(F)F. The molecule has 1 heterocycles. The van der Waals surface area contributed by atoms with Gasteiger partial charge in [0.05, 0.1) is 26.0 Å². The highest BCUT2D eigenvalue weighted by atomic mass is 19.4. The third-order valence-corrected chi connectivity index (χ3v) is 2.31. The number of alkyl halides is 3. The number of hydrogen-bond acceptors (Lipinski definition) is 4. The molecule has 5 nitrogen and oxygen atoms in total. The Hall–Kier alpha value is -1.54. The van der Waals surface area contributed by atoms with E-state index < -0.39 is 25.2 Å². The third kappa shape index (κ3) is 6.58. The molecule has 0 aromatic carbocycles. The second-order valence-electron chi connectivity index (χ2n) is 3.99. The van der Waals surface area contributed by atoms with Crippen LogP contribution >= 0.6 is 0 Å². The van der Waals surface area contributed by atoms with Gasteiger partial charge < -0.3 is 18.8 Å². The first-order valence-corrected chi connectivity index (χ1v) is 5.86. The molecule has 0 atom stereocenters. The molecule has 0 aliphatic heterocycles. The van der Waals surface area contributed by atoms with Crippen molar-refractivity contribution in [3.63, 3.8) is 0 Å². The van der Waals surface area contributed by atoms with Crippen LogP contribution in [0.15, 0.2) is 22.8 Å². The van der Waals surface area contributed by atoms with E-state index in [4.69, 9.17) is 13.9 Å². The number of hydrogen-bond donors (Lipinski definition) is 0. The standard InChI is InChI=1S/C12H16F3NO4/c1-18-5-6-19-8-11(17)16(9-12(13,14)15)7-10-3-2-4-20-10/h2-4H,5-9H2,1H3. The molecule has 1 aromatic rings. The zero-order chi connectivity index (χ0) is 15.0. The van der Waals surface area contributed by atoms with Gasteiger partial charge in [0.15, 0.2) is 0 Å². The summed E-state index contributed by atoms with van der Waals surface area (Å²) in [5.74, 6) is -0.477. The Bertz CT molecular complexity index is 392. The van der Waals surface area contributed by atoms with Gasteiger partial charge in [-0.15, -0.1) is 0 Å². The molecule has 0 spiro atoms. The normalized spacial score (nSPS) is 11.6. The lowest BCUT2D eigenvalue weighted by molar-refractivity contribution is -0.165. The Labute approximate surface area is 114 Å². The average Bonchev–Trinajstić information content (AvgIpc) is 2.85. The molecular weight excluding hydrogens is 279 g/mol. The average molecular weight is 295 g/mol. The number of ether oxygens (including phenoxy) is 2. The first kappa shape index (κ1) is 16.5. The number of methoxy groups -OCH3 is 1. The lowest BCUT2D eigenvalue weighted by Gasteiger charge is -2.23. The zero-order valence-electron chi connectivity index (χ0n) is 11.0. The second-order valence-corrected chi connectivity index (χ2v) is 3.99. The van der Waals surface area contributed by atoms with Gasteiger partial charge in [0.2, 0.25) is 5.91 Å². The summed E-state index contributed by atoms with van der Waals surface area (Å²) in [6, 6.07) is 3.04. The summed E-state index contributed by atoms with van der Waals surface area (Å²) in [5.41, 5.74) is 0. The molecule has 0 aliphatic carbocycles. The van der Waals surface area contributed by atoms with Gasteiger partial charge in [-0.25, -0.2) is 0 Å². The van der Waals surface area contributed by atoms with Crippen LogP contribution in [0.5, 0.6) is 0 Å². The fourth-order valence-corrected chi connectivity index (χ4v) is 1.43. The van der Waals surface area contributed by atoms with Gasteiger partial charge in [0.1, 0.15) is 18.9 Å². The molecule has 0 radical (unpaired) electrons. The van der Waals surface area contributed by atoms with E-state index in [9.17, 15) is 18.0 Å². The van der Waals surface area contributed by atoms with Crippen molar-refractivity contribution in [2.75, 3.05) is 33.5 Å². The fourth-order valence-electron chi connectivity index (χ4n) is 1.43. The maximum atomic E-state index is 12.5. The van der Waals surface area contributed by atoms with Crippen molar-refractivity contribution in [1.29, 1.82) is 0 Å². The molecule has 8 heteroatoms. The van der Waals surface area contributed by atoms with E-state index in [0.717, 1.165) is 0 Å². The lowest BCUT2D eigenvalue weighted by atomic mass is 10.3. The minimum absolute atomic E-state index is 0.142. The first-order chi connectivity index (χ1) is 9.42. The molecule has 0 unspecified atom stereocenters. The van der Waals surface area contributed by atoms with Gasteiger partial charge in [0, 0.05) is 7.11 Å². The Morgan fingerprint density at radius 2 is 2.15 bits per heavy atom. The highest BCUT2D eigenvalue weighted by Crippen LogP contribution is 2.18. The summed E-state index contributed by atoms with van der Waals surface area (Å²) >= 11 is 0. The summed E-state index contributed by atoms with van der Waals surface area (Å²) in [7, 11) is 1.46. The molecule has 20 heavy (non-hydrogen) atoms. The number of amides is 1. The Morgan fingerprint density at radius 3 is 2.70 bits per heavy atom. The number of rotatable bonds is 8. The minimum Gasteiger partial charge on any atom is -0.467 e. The van der Waals surface area contributed by atoms with E-state index in [2.05, 4.69) is 0 Å². The summed E-state index contributed by atoms with van der Waals surface area (Å²) in [6.07, 6.45) is -3.14. The van der Waals surface area contributed by atoms with Gasteiger partial charge in [-0.3, -0.25) is 4.79 Å². The van der Waals surface area contributed by atoms with Crippen LogP contribution in [-0.4, -0.2) is 50.5 Å². The van der Waals surface area contributed by atoms with Gasteiger partial charge >= 0.3 is 6.18 Å². The van der Waals surface area contributed by atoms with Gasteiger partial charge in [0.25, 0.3) is 0 Å². The van der Waals surface area contributed by atoms with Crippen LogP contribution in [0.4, 0.5) is 13.2 Å². The number of nitrogens with zero attached hydrogens (tertiary/aromatic N) is 1. The van der Waals surface area contributed by atoms with E-state index in [1.807, 2.05) is 0 Å². The van der Waals surface area contributed by atoms with E-state index in [1.54, 1.807) is 6.07 Å². The Morgan fingerprint density at radius 1 is 1.40 bits per heavy atom. The predicted molar refractivity (Wildman–Crippen MR) is 62.9 cm³/mol. The molecule has 0 bridgehead atoms. The largest absolute Gasteiger partial charge is 0.467 e. The fraction of sp³-hybridized carbons (Fsp3) is 0.583. The number of furan rings is 1. The molecule has 0 saturated heterocycles. The van der Waals surface area contributed by atoms with Gasteiger partial charge in [-0.2, -0.15) is 13.2 Å². The molecule has 1 amide bonds. The predicted octanol–water partition coefficient (Wildman–Crippen LogP) is 1.83. The quantitative estimate of drug-likeness (QED) is 0.687. The molecule has 1 aromatic heterocycles. The van der Waals surface area contributed by atoms with Crippen LogP contribution in [0.3, 0.4) is 0 Å². The number of halogens is 3. The smallest absolute Gasteiger partial charge is 0.406 e. The highest BCUT2D eigenvalue weighted by molar-refractivity contribution is 5.77. The molecule has 0 fully saturated rings. The van der Waals surface area contributed by atoms with Gasteiger partial charge in [-0.1, -0.05) is 0 Å². The van der Waals surface area contributed by atoms with Crippen molar-refractivity contribution in [2.45, 2.75) is 12.7 Å². The summed E-state index contributed by atoms with van der Waals surface area (Å²) in [6.45, 7) is -1.62. The van der Waals surface area contributed by atoms with Crippen LogP contribution in [0.25, 0.3) is 0 Å². The Balaban J connectivity index is 2.54. The maximum absolute atomic E-state index is 12.5. The van der Waals surface area contributed by atoms with Crippen molar-refractivity contribution in [3.05, 3.63) is 24.2 Å². The number of carbonyl (C=O) groups is 1. The van der Waals surface area contributed by atoms with Crippen molar-refractivity contribution in [1.82, 2.24) is 4.90 Å². The van der Waals surface area contributed by atoms with E-state index in [0.29, 0.717) is 4.90 Å². The summed E-state index contributed by atoms with van der Waals surface area (Å²) < 4.78 is 51.9. The second kappa shape index (κ2) is 7.91. The van der Waals surface area contributed by atoms with Crippen molar-refractivity contribution < 1.29 is 31.9 Å². The maximum Gasteiger partial charge on any atom is 0.406 e. The topological polar surface area (TPSA) is 51.9 Å². The van der Waals surface area contributed by atoms with Crippen LogP contribution in [-0.2, 0) is 20.8 Å². The summed E-state index contributed by atoms with van der Waals surface area (Å²) in [4.78, 5) is 12.4. The Kier molecular flexibility index (Phi) is 6.53. The van der Waals surface area contributed by atoms with E-state index >= 15 is 0 Å². The van der Waals surface area contributed by atoms with Crippen LogP contribution in [0.1, 0.15) is 5.76 Å². The lowest BCUT2D eigenvalue weighted by Crippen LogP contribution is -2.40. The van der Waals surface area contributed by atoms with E-state index in [-0.39, 0.29) is 25.5 Å². The molecular formula is C12H16F3NO4. The van der Waals surface area contributed by atoms with E-state index in [1.165, 1.54) is 19.4 Å². The minimum atomic E-state index is -4.48. The first-order valence-electron chi connectivity index (χ1n) is 5.86. The monoisotopic (exact) mass is 295 g/mol. The van der Waals surface area contributed by atoms with Gasteiger partial charge in [-0.05, 0) is 12.1 Å². The van der Waals surface area contributed by atoms with Crippen LogP contribution in [0.2, 0.25) is 0 Å². The third-order valence-electron chi connectivity index (χ3n) is 2.31. The molecule has 0 saturated carbocycles. The van der Waals surface area contributed by atoms with Crippen molar-refractivity contribution in [3.8, 4) is 0 Å². The highest BCUT2D eigenvalue weighted by Gasteiger charge is 2.33. The summed E-state index contributed by atoms with van der Waals surface area (Å²) in [5, 5.41) is 0. The zero-order valence-corrected chi connectivity index (χ0v) is 11.0. The van der Waals surface area contributed by atoms with Crippen LogP contribution in [0, 0.1) is 0 Å². The molecule has 0 N–H and O–H groups in total. The molecule has 0 aliphatic rings. The number of carbonyl (C=O) groups excluding carboxylic acids is 1. The molecule has 114 valence electrons.